The highest BCUT2D eigenvalue weighted by Crippen LogP contribution is 2.32. The van der Waals surface area contributed by atoms with Gasteiger partial charge in [-0.05, 0) is 12.1 Å². The van der Waals surface area contributed by atoms with Crippen molar-refractivity contribution >= 4 is 23.7 Å². The van der Waals surface area contributed by atoms with Gasteiger partial charge in [0, 0.05) is 13.0 Å². The minimum absolute atomic E-state index is 0.218. The van der Waals surface area contributed by atoms with Gasteiger partial charge in [-0.2, -0.15) is 4.40 Å². The van der Waals surface area contributed by atoms with Crippen LogP contribution in [0.5, 0.6) is 5.75 Å². The summed E-state index contributed by atoms with van der Waals surface area (Å²) in [5.74, 6) is 1.25. The molecule has 2 aliphatic heterocycles. The summed E-state index contributed by atoms with van der Waals surface area (Å²) in [5.41, 5.74) is 7.66. The fraction of sp³-hybridized carbons (Fsp3) is 0.364. The summed E-state index contributed by atoms with van der Waals surface area (Å²) < 4.78 is 18.2. The lowest BCUT2D eigenvalue weighted by molar-refractivity contribution is -0.0721. The number of benzene rings is 1. The second-order valence-electron chi connectivity index (χ2n) is 3.94. The predicted octanol–water partition coefficient (Wildman–Crippen LogP) is 1.55. The largest absolute Gasteiger partial charge is 0.490 e. The van der Waals surface area contributed by atoms with Gasteiger partial charge in [-0.3, -0.25) is 0 Å². The summed E-state index contributed by atoms with van der Waals surface area (Å²) in [4.78, 5) is 0. The fourth-order valence-corrected chi connectivity index (χ4v) is 2.27. The molecule has 17 heavy (non-hydrogen) atoms. The molecule has 2 aliphatic rings. The number of fused-ring (bicyclic) bond motifs is 1. The molecule has 90 valence electrons. The first kappa shape index (κ1) is 10.7. The molecule has 0 radical (unpaired) electrons. The Labute approximate surface area is 104 Å². The molecule has 3 N–H and O–H groups in total. The van der Waals surface area contributed by atoms with Gasteiger partial charge in [0.2, 0.25) is 0 Å². The van der Waals surface area contributed by atoms with Crippen LogP contribution in [0.3, 0.4) is 0 Å². The van der Waals surface area contributed by atoms with Crippen LogP contribution in [0.4, 0.5) is 5.69 Å². The van der Waals surface area contributed by atoms with E-state index in [-0.39, 0.29) is 6.10 Å². The van der Waals surface area contributed by atoms with Crippen molar-refractivity contribution in [2.45, 2.75) is 12.5 Å². The first-order valence-corrected chi connectivity index (χ1v) is 6.25. The number of anilines is 1. The van der Waals surface area contributed by atoms with Crippen LogP contribution in [0.2, 0.25) is 0 Å². The van der Waals surface area contributed by atoms with E-state index in [9.17, 15) is 0 Å². The molecule has 6 heteroatoms. The Morgan fingerprint density at radius 1 is 1.59 bits per heavy atom. The number of hydrogen-bond donors (Lipinski definition) is 2. The van der Waals surface area contributed by atoms with Crippen molar-refractivity contribution in [3.63, 3.8) is 0 Å². The molecule has 1 aromatic carbocycles. The molecule has 1 saturated heterocycles. The molecule has 0 amide bonds. The fourth-order valence-electron chi connectivity index (χ4n) is 1.77. The van der Waals surface area contributed by atoms with E-state index in [1.165, 1.54) is 12.1 Å². The quantitative estimate of drug-likeness (QED) is 0.798. The lowest BCUT2D eigenvalue weighted by atomic mass is 10.1. The zero-order valence-corrected chi connectivity index (χ0v) is 10.00. The van der Waals surface area contributed by atoms with Crippen molar-refractivity contribution in [2.24, 2.45) is 10.1 Å². The molecule has 0 bridgehead atoms. The van der Waals surface area contributed by atoms with Gasteiger partial charge in [-0.1, -0.05) is 6.07 Å². The number of ether oxygens (including phenoxy) is 2. The maximum absolute atomic E-state index is 5.88. The number of amidine groups is 1. The van der Waals surface area contributed by atoms with Crippen molar-refractivity contribution in [1.82, 2.24) is 0 Å². The summed E-state index contributed by atoms with van der Waals surface area (Å²) in [6, 6.07) is 5.79. The van der Waals surface area contributed by atoms with Crippen LogP contribution in [0.15, 0.2) is 22.6 Å². The number of rotatable bonds is 3. The molecule has 0 spiro atoms. The molecule has 5 nitrogen and oxygen atoms in total. The molecule has 1 aromatic rings. The smallest absolute Gasteiger partial charge is 0.146 e. The third-order valence-electron chi connectivity index (χ3n) is 2.80. The summed E-state index contributed by atoms with van der Waals surface area (Å²) in [5, 5.41) is 0. The normalized spacial score (nSPS) is 21.9. The molecule has 0 aliphatic carbocycles. The Morgan fingerprint density at radius 3 is 3.24 bits per heavy atom. The van der Waals surface area contributed by atoms with Gasteiger partial charge < -0.3 is 19.9 Å². The van der Waals surface area contributed by atoms with Crippen LogP contribution in [-0.2, 0) is 4.74 Å². The van der Waals surface area contributed by atoms with Crippen molar-refractivity contribution in [1.29, 1.82) is 0 Å². The van der Waals surface area contributed by atoms with Crippen molar-refractivity contribution in [3.05, 3.63) is 23.8 Å². The van der Waals surface area contributed by atoms with E-state index in [0.717, 1.165) is 30.0 Å². The number of nitrogens with two attached hydrogens (primary N) is 1. The van der Waals surface area contributed by atoms with Crippen LogP contribution in [-0.4, -0.2) is 25.2 Å². The lowest BCUT2D eigenvalue weighted by Crippen LogP contribution is -2.33. The van der Waals surface area contributed by atoms with E-state index < -0.39 is 0 Å². The van der Waals surface area contributed by atoms with Crippen LogP contribution in [0.1, 0.15) is 12.0 Å². The van der Waals surface area contributed by atoms with Crippen LogP contribution in [0.25, 0.3) is 0 Å². The Hall–Kier alpha value is -1.40. The Balaban J connectivity index is 1.81. The molecule has 1 atom stereocenters. The van der Waals surface area contributed by atoms with E-state index in [1.807, 2.05) is 18.2 Å². The predicted molar refractivity (Wildman–Crippen MR) is 68.2 cm³/mol. The molecule has 1 unspecified atom stereocenters. The van der Waals surface area contributed by atoms with E-state index >= 15 is 0 Å². The second kappa shape index (κ2) is 4.46. The summed E-state index contributed by atoms with van der Waals surface area (Å²) >= 11 is 1.23. The third kappa shape index (κ3) is 2.05. The lowest BCUT2D eigenvalue weighted by Gasteiger charge is -2.27. The van der Waals surface area contributed by atoms with E-state index in [2.05, 4.69) is 9.12 Å². The Morgan fingerprint density at radius 2 is 2.47 bits per heavy atom. The number of hydrogen-bond acceptors (Lipinski definition) is 6. The number of nitrogens with zero attached hydrogens (tertiary/aromatic N) is 1. The zero-order valence-electron chi connectivity index (χ0n) is 9.18. The Bertz CT molecular complexity index is 460. The third-order valence-corrected chi connectivity index (χ3v) is 3.40. The molecular formula is C11H13N3O2S. The van der Waals surface area contributed by atoms with Crippen molar-refractivity contribution in [3.8, 4) is 5.75 Å². The maximum Gasteiger partial charge on any atom is 0.146 e. The van der Waals surface area contributed by atoms with E-state index in [0.29, 0.717) is 12.4 Å². The highest BCUT2D eigenvalue weighted by atomic mass is 32.2. The van der Waals surface area contributed by atoms with Crippen LogP contribution in [0, 0.1) is 0 Å². The minimum Gasteiger partial charge on any atom is -0.490 e. The summed E-state index contributed by atoms with van der Waals surface area (Å²) in [7, 11) is 0. The number of nitrogens with one attached hydrogen (secondary N) is 1. The standard InChI is InChI=1S/C11H13N3O2S/c12-11-10-8(13-17-14-11)2-1-3-9(10)16-6-7-4-5-15-7/h1-3,7,13H,4-6H2,(H2,12,14). The minimum atomic E-state index is 0.218. The molecular weight excluding hydrogens is 238 g/mol. The topological polar surface area (TPSA) is 68.9 Å². The first-order valence-electron chi connectivity index (χ1n) is 5.48. The summed E-state index contributed by atoms with van der Waals surface area (Å²) in [6.07, 6.45) is 1.28. The summed E-state index contributed by atoms with van der Waals surface area (Å²) in [6.45, 7) is 1.40. The van der Waals surface area contributed by atoms with Gasteiger partial charge in [0.1, 0.15) is 18.2 Å². The van der Waals surface area contributed by atoms with E-state index in [4.69, 9.17) is 15.2 Å². The average molecular weight is 251 g/mol. The van der Waals surface area contributed by atoms with Crippen molar-refractivity contribution in [2.75, 3.05) is 17.9 Å². The highest BCUT2D eigenvalue weighted by molar-refractivity contribution is 7.99. The maximum atomic E-state index is 5.88. The van der Waals surface area contributed by atoms with Crippen LogP contribution < -0.4 is 15.2 Å². The van der Waals surface area contributed by atoms with Crippen molar-refractivity contribution < 1.29 is 9.47 Å². The molecule has 1 fully saturated rings. The zero-order chi connectivity index (χ0) is 11.7. The SMILES string of the molecule is NC1=NSNc2cccc(OCC3CCO3)c21. The Kier molecular flexibility index (Phi) is 2.82. The first-order chi connectivity index (χ1) is 8.34. The van der Waals surface area contributed by atoms with Gasteiger partial charge in [0.15, 0.2) is 0 Å². The average Bonchev–Trinajstić information content (AvgIpc) is 2.27. The monoisotopic (exact) mass is 251 g/mol. The molecule has 3 rings (SSSR count). The van der Waals surface area contributed by atoms with Gasteiger partial charge >= 0.3 is 0 Å². The van der Waals surface area contributed by atoms with Gasteiger partial charge in [0.05, 0.1) is 29.5 Å². The van der Waals surface area contributed by atoms with Gasteiger partial charge in [0.25, 0.3) is 0 Å². The highest BCUT2D eigenvalue weighted by Gasteiger charge is 2.21. The molecule has 0 aromatic heterocycles. The van der Waals surface area contributed by atoms with E-state index in [1.54, 1.807) is 0 Å². The molecule has 0 saturated carbocycles. The van der Waals surface area contributed by atoms with Crippen LogP contribution >= 0.6 is 12.1 Å². The second-order valence-corrected chi connectivity index (χ2v) is 4.51. The molecule has 2 heterocycles. The van der Waals surface area contributed by atoms with Gasteiger partial charge in [-0.15, -0.1) is 0 Å². The van der Waals surface area contributed by atoms with Gasteiger partial charge in [-0.25, -0.2) is 0 Å².